The summed E-state index contributed by atoms with van der Waals surface area (Å²) in [6.07, 6.45) is 3.17. The van der Waals surface area contributed by atoms with Crippen LogP contribution in [-0.4, -0.2) is 29.6 Å². The van der Waals surface area contributed by atoms with Crippen LogP contribution in [-0.2, 0) is 6.42 Å². The fraction of sp³-hybridized carbons (Fsp3) is 0.375. The summed E-state index contributed by atoms with van der Waals surface area (Å²) in [5, 5.41) is 5.03. The van der Waals surface area contributed by atoms with Crippen molar-refractivity contribution in [1.82, 2.24) is 9.66 Å². The Morgan fingerprint density at radius 3 is 2.66 bits per heavy atom. The van der Waals surface area contributed by atoms with Crippen molar-refractivity contribution in [2.24, 2.45) is 10.5 Å². The van der Waals surface area contributed by atoms with E-state index < -0.39 is 0 Å². The molecular formula is C24H27BrIN3O3. The lowest BCUT2D eigenvalue weighted by atomic mass is 9.99. The number of aryl methyl sites for hydroxylation is 1. The Labute approximate surface area is 210 Å². The van der Waals surface area contributed by atoms with Crippen molar-refractivity contribution in [2.45, 2.75) is 40.5 Å². The molecule has 0 N–H and O–H groups in total. The van der Waals surface area contributed by atoms with Crippen LogP contribution in [0.4, 0.5) is 0 Å². The van der Waals surface area contributed by atoms with E-state index in [4.69, 9.17) is 9.47 Å². The quantitative estimate of drug-likeness (QED) is 0.242. The van der Waals surface area contributed by atoms with Crippen molar-refractivity contribution in [1.29, 1.82) is 0 Å². The minimum atomic E-state index is -0.192. The van der Waals surface area contributed by atoms with E-state index in [-0.39, 0.29) is 11.0 Å². The second kappa shape index (κ2) is 10.3. The molecule has 0 fully saturated rings. The molecule has 0 saturated heterocycles. The van der Waals surface area contributed by atoms with Crippen LogP contribution in [0.25, 0.3) is 10.9 Å². The minimum absolute atomic E-state index is 0.0309. The van der Waals surface area contributed by atoms with E-state index >= 15 is 0 Å². The van der Waals surface area contributed by atoms with Gasteiger partial charge in [-0.05, 0) is 70.3 Å². The van der Waals surface area contributed by atoms with Crippen LogP contribution in [0, 0.1) is 8.99 Å². The second-order valence-corrected chi connectivity index (χ2v) is 10.8. The zero-order valence-corrected chi connectivity index (χ0v) is 22.7. The summed E-state index contributed by atoms with van der Waals surface area (Å²) in [4.78, 5) is 17.8. The van der Waals surface area contributed by atoms with Gasteiger partial charge in [-0.25, -0.2) is 4.98 Å². The molecule has 0 spiro atoms. The summed E-state index contributed by atoms with van der Waals surface area (Å²) < 4.78 is 14.7. The van der Waals surface area contributed by atoms with Gasteiger partial charge in [-0.1, -0.05) is 43.6 Å². The molecule has 0 amide bonds. The lowest BCUT2D eigenvalue weighted by Crippen LogP contribution is -2.22. The predicted molar refractivity (Wildman–Crippen MR) is 141 cm³/mol. The Morgan fingerprint density at radius 1 is 1.25 bits per heavy atom. The van der Waals surface area contributed by atoms with E-state index in [1.807, 2.05) is 24.3 Å². The van der Waals surface area contributed by atoms with Crippen molar-refractivity contribution in [3.63, 3.8) is 0 Å². The molecule has 0 aliphatic rings. The fourth-order valence-corrected chi connectivity index (χ4v) is 4.21. The summed E-state index contributed by atoms with van der Waals surface area (Å²) in [6.45, 7) is 8.98. The molecule has 170 valence electrons. The van der Waals surface area contributed by atoms with Gasteiger partial charge in [0.2, 0.25) is 0 Å². The fourth-order valence-electron chi connectivity index (χ4n) is 3.07. The van der Waals surface area contributed by atoms with Crippen molar-refractivity contribution in [2.75, 3.05) is 13.7 Å². The highest BCUT2D eigenvalue weighted by molar-refractivity contribution is 14.1. The normalized spacial score (nSPS) is 12.0. The summed E-state index contributed by atoms with van der Waals surface area (Å²) in [7, 11) is 1.62. The van der Waals surface area contributed by atoms with E-state index in [2.05, 4.69) is 76.3 Å². The first-order chi connectivity index (χ1) is 15.1. The summed E-state index contributed by atoms with van der Waals surface area (Å²) >= 11 is 5.66. The number of methoxy groups -OCH3 is 1. The molecule has 0 aliphatic carbocycles. The van der Waals surface area contributed by atoms with Gasteiger partial charge in [0.15, 0.2) is 11.5 Å². The van der Waals surface area contributed by atoms with Gasteiger partial charge in [-0.15, -0.1) is 0 Å². The predicted octanol–water partition coefficient (Wildman–Crippen LogP) is 6.03. The molecule has 32 heavy (non-hydrogen) atoms. The van der Waals surface area contributed by atoms with Crippen LogP contribution in [0.15, 0.2) is 44.7 Å². The van der Waals surface area contributed by atoms with E-state index in [9.17, 15) is 4.79 Å². The minimum Gasteiger partial charge on any atom is -0.493 e. The molecule has 0 radical (unpaired) electrons. The number of ether oxygens (including phenoxy) is 2. The van der Waals surface area contributed by atoms with Gasteiger partial charge in [0.25, 0.3) is 5.56 Å². The molecule has 6 nitrogen and oxygen atoms in total. The molecule has 8 heteroatoms. The van der Waals surface area contributed by atoms with E-state index in [0.717, 1.165) is 20.0 Å². The number of fused-ring (bicyclic) bond motifs is 1. The summed E-state index contributed by atoms with van der Waals surface area (Å²) in [6, 6.07) is 9.33. The van der Waals surface area contributed by atoms with Crippen LogP contribution in [0.1, 0.15) is 45.5 Å². The van der Waals surface area contributed by atoms with Crippen LogP contribution in [0.2, 0.25) is 0 Å². The molecule has 3 rings (SSSR count). The Morgan fingerprint density at radius 2 is 2.00 bits per heavy atom. The monoisotopic (exact) mass is 611 g/mol. The van der Waals surface area contributed by atoms with E-state index in [0.29, 0.717) is 41.3 Å². The van der Waals surface area contributed by atoms with Crippen LogP contribution >= 0.6 is 38.5 Å². The number of hydrogen-bond donors (Lipinski definition) is 0. The number of aromatic nitrogens is 2. The smallest absolute Gasteiger partial charge is 0.282 e. The molecular weight excluding hydrogens is 585 g/mol. The molecule has 1 heterocycles. The van der Waals surface area contributed by atoms with Crippen molar-refractivity contribution in [3.05, 3.63) is 60.1 Å². The summed E-state index contributed by atoms with van der Waals surface area (Å²) in [5.41, 5.74) is 1.31. The van der Waals surface area contributed by atoms with E-state index in [1.165, 1.54) is 4.68 Å². The molecule has 1 aromatic heterocycles. The highest BCUT2D eigenvalue weighted by Crippen LogP contribution is 2.34. The Balaban J connectivity index is 2.03. The SMILES string of the molecule is CCCc1nc2ccc(Br)cc2c(=O)n1N=Cc1cc(I)c(OCC(C)(C)C)c(OC)c1. The number of hydrogen-bond acceptors (Lipinski definition) is 5. The third kappa shape index (κ3) is 5.89. The van der Waals surface area contributed by atoms with Crippen LogP contribution in [0.5, 0.6) is 11.5 Å². The van der Waals surface area contributed by atoms with Gasteiger partial charge in [0.05, 0.1) is 34.4 Å². The maximum atomic E-state index is 13.2. The number of benzene rings is 2. The van der Waals surface area contributed by atoms with Gasteiger partial charge in [-0.2, -0.15) is 9.78 Å². The first-order valence-corrected chi connectivity index (χ1v) is 12.3. The molecule has 0 unspecified atom stereocenters. The van der Waals surface area contributed by atoms with E-state index in [1.54, 1.807) is 19.4 Å². The Hall–Kier alpha value is -1.94. The molecule has 0 bridgehead atoms. The molecule has 0 saturated carbocycles. The van der Waals surface area contributed by atoms with Crippen LogP contribution in [0.3, 0.4) is 0 Å². The number of nitrogens with zero attached hydrogens (tertiary/aromatic N) is 3. The number of rotatable bonds is 7. The molecule has 3 aromatic rings. The largest absolute Gasteiger partial charge is 0.493 e. The maximum Gasteiger partial charge on any atom is 0.282 e. The highest BCUT2D eigenvalue weighted by atomic mass is 127. The van der Waals surface area contributed by atoms with Gasteiger partial charge in [-0.3, -0.25) is 4.79 Å². The topological polar surface area (TPSA) is 65.7 Å². The van der Waals surface area contributed by atoms with Gasteiger partial charge < -0.3 is 9.47 Å². The van der Waals surface area contributed by atoms with Gasteiger partial charge in [0.1, 0.15) is 5.82 Å². The highest BCUT2D eigenvalue weighted by Gasteiger charge is 2.17. The third-order valence-electron chi connectivity index (χ3n) is 4.57. The van der Waals surface area contributed by atoms with Crippen molar-refractivity contribution >= 4 is 55.6 Å². The Bertz CT molecular complexity index is 1220. The lowest BCUT2D eigenvalue weighted by molar-refractivity contribution is 0.190. The second-order valence-electron chi connectivity index (χ2n) is 8.68. The molecule has 0 aliphatic heterocycles. The zero-order chi connectivity index (χ0) is 23.5. The third-order valence-corrected chi connectivity index (χ3v) is 5.87. The molecule has 2 aromatic carbocycles. The Kier molecular flexibility index (Phi) is 7.97. The van der Waals surface area contributed by atoms with Gasteiger partial charge >= 0.3 is 0 Å². The molecule has 0 atom stereocenters. The van der Waals surface area contributed by atoms with Crippen LogP contribution < -0.4 is 15.0 Å². The number of halogens is 2. The first kappa shape index (κ1) is 24.7. The standard InChI is InChI=1S/C24H27BrIN3O3/c1-6-7-21-28-19-9-8-16(25)12-17(19)23(30)29(21)27-13-15-10-18(26)22(20(11-15)31-5)32-14-24(2,3)4/h8-13H,6-7,14H2,1-5H3. The lowest BCUT2D eigenvalue weighted by Gasteiger charge is -2.21. The maximum absolute atomic E-state index is 13.2. The average molecular weight is 612 g/mol. The van der Waals surface area contributed by atoms with Gasteiger partial charge in [0, 0.05) is 10.9 Å². The zero-order valence-electron chi connectivity index (χ0n) is 18.9. The average Bonchev–Trinajstić information content (AvgIpc) is 2.72. The van der Waals surface area contributed by atoms with Crippen molar-refractivity contribution in [3.8, 4) is 11.5 Å². The first-order valence-electron chi connectivity index (χ1n) is 10.4. The summed E-state index contributed by atoms with van der Waals surface area (Å²) in [5.74, 6) is 1.97. The van der Waals surface area contributed by atoms with Crippen molar-refractivity contribution < 1.29 is 9.47 Å².